The Morgan fingerprint density at radius 2 is 1.69 bits per heavy atom. The molecule has 0 atom stereocenters. The average Bonchev–Trinajstić information content (AvgIpc) is 3.36. The van der Waals surface area contributed by atoms with Crippen molar-refractivity contribution in [3.63, 3.8) is 0 Å². The number of hydrogen-bond acceptors (Lipinski definition) is 3. The fourth-order valence-electron chi connectivity index (χ4n) is 4.04. The van der Waals surface area contributed by atoms with Crippen LogP contribution in [0, 0.1) is 0 Å². The van der Waals surface area contributed by atoms with Crippen LogP contribution >= 0.6 is 0 Å². The molecule has 6 heteroatoms. The minimum atomic E-state index is -0.367. The predicted octanol–water partition coefficient (Wildman–Crippen LogP) is 3.05. The summed E-state index contributed by atoms with van der Waals surface area (Å²) in [4.78, 5) is 30.9. The van der Waals surface area contributed by atoms with Crippen LogP contribution in [0.3, 0.4) is 0 Å². The SMILES string of the molecule is CN(C)Cc1ccc2ccc(C3=C(c4c[nH]c5ccccc45)C(=O)NC3=O)n2c1. The third-order valence-electron chi connectivity index (χ3n) is 5.26. The molecule has 4 aromatic rings. The molecule has 0 unspecified atom stereocenters. The van der Waals surface area contributed by atoms with E-state index < -0.39 is 0 Å². The van der Waals surface area contributed by atoms with Gasteiger partial charge in [-0.1, -0.05) is 24.3 Å². The number of benzene rings is 1. The number of fused-ring (bicyclic) bond motifs is 2. The molecule has 1 aliphatic rings. The minimum absolute atomic E-state index is 0.367. The Morgan fingerprint density at radius 3 is 2.52 bits per heavy atom. The van der Waals surface area contributed by atoms with Crippen molar-refractivity contribution >= 4 is 39.4 Å². The number of nitrogens with one attached hydrogen (secondary N) is 2. The largest absolute Gasteiger partial charge is 0.361 e. The third kappa shape index (κ3) is 2.77. The highest BCUT2D eigenvalue weighted by Crippen LogP contribution is 2.35. The van der Waals surface area contributed by atoms with Gasteiger partial charge in [-0.05, 0) is 43.9 Å². The highest BCUT2D eigenvalue weighted by Gasteiger charge is 2.34. The minimum Gasteiger partial charge on any atom is -0.361 e. The molecule has 0 bridgehead atoms. The Kier molecular flexibility index (Phi) is 3.89. The van der Waals surface area contributed by atoms with Crippen molar-refractivity contribution in [3.05, 3.63) is 77.7 Å². The van der Waals surface area contributed by atoms with Crippen LogP contribution in [-0.2, 0) is 16.1 Å². The number of H-pyrrole nitrogens is 1. The first-order chi connectivity index (χ1) is 14.0. The van der Waals surface area contributed by atoms with E-state index in [1.807, 2.05) is 67.2 Å². The molecule has 1 aliphatic heterocycles. The van der Waals surface area contributed by atoms with Crippen LogP contribution < -0.4 is 5.32 Å². The molecule has 29 heavy (non-hydrogen) atoms. The molecule has 0 spiro atoms. The zero-order valence-electron chi connectivity index (χ0n) is 16.2. The second kappa shape index (κ2) is 6.46. The van der Waals surface area contributed by atoms with Crippen molar-refractivity contribution in [3.8, 4) is 0 Å². The van der Waals surface area contributed by atoms with Gasteiger partial charge in [0.05, 0.1) is 16.8 Å². The lowest BCUT2D eigenvalue weighted by molar-refractivity contribution is -0.122. The maximum atomic E-state index is 12.8. The molecule has 3 aromatic heterocycles. The number of aromatic amines is 1. The van der Waals surface area contributed by atoms with Crippen molar-refractivity contribution < 1.29 is 9.59 Å². The van der Waals surface area contributed by atoms with Crippen LogP contribution in [0.5, 0.6) is 0 Å². The van der Waals surface area contributed by atoms with E-state index in [2.05, 4.69) is 21.3 Å². The zero-order chi connectivity index (χ0) is 20.1. The van der Waals surface area contributed by atoms with Gasteiger partial charge < -0.3 is 14.3 Å². The summed E-state index contributed by atoms with van der Waals surface area (Å²) in [5, 5.41) is 3.40. The number of amides is 2. The van der Waals surface area contributed by atoms with Gasteiger partial charge in [0.2, 0.25) is 0 Å². The molecule has 0 saturated heterocycles. The van der Waals surface area contributed by atoms with Crippen LogP contribution in [-0.4, -0.2) is 40.2 Å². The van der Waals surface area contributed by atoms with Crippen LogP contribution in [0.25, 0.3) is 27.6 Å². The van der Waals surface area contributed by atoms with Crippen molar-refractivity contribution in [2.75, 3.05) is 14.1 Å². The second-order valence-electron chi connectivity index (χ2n) is 7.57. The van der Waals surface area contributed by atoms with E-state index in [1.165, 1.54) is 0 Å². The summed E-state index contributed by atoms with van der Waals surface area (Å²) in [5.41, 5.74) is 5.28. The first-order valence-electron chi connectivity index (χ1n) is 9.44. The lowest BCUT2D eigenvalue weighted by Gasteiger charge is -2.11. The third-order valence-corrected chi connectivity index (χ3v) is 5.26. The number of rotatable bonds is 4. The highest BCUT2D eigenvalue weighted by molar-refractivity contribution is 6.49. The number of hydrogen-bond donors (Lipinski definition) is 2. The summed E-state index contributed by atoms with van der Waals surface area (Å²) < 4.78 is 1.99. The average molecular weight is 384 g/mol. The molecule has 6 nitrogen and oxygen atoms in total. The number of imide groups is 1. The quantitative estimate of drug-likeness (QED) is 0.532. The van der Waals surface area contributed by atoms with Gasteiger partial charge in [0, 0.05) is 40.9 Å². The van der Waals surface area contributed by atoms with Crippen LogP contribution in [0.1, 0.15) is 16.8 Å². The Bertz CT molecular complexity index is 1320. The lowest BCUT2D eigenvalue weighted by Crippen LogP contribution is -2.23. The molecule has 1 aromatic carbocycles. The van der Waals surface area contributed by atoms with E-state index in [1.54, 1.807) is 6.20 Å². The summed E-state index contributed by atoms with van der Waals surface area (Å²) >= 11 is 0. The Hall–Kier alpha value is -3.64. The Morgan fingerprint density at radius 1 is 0.931 bits per heavy atom. The van der Waals surface area contributed by atoms with Gasteiger partial charge >= 0.3 is 0 Å². The monoisotopic (exact) mass is 384 g/mol. The van der Waals surface area contributed by atoms with Gasteiger partial charge in [0.1, 0.15) is 0 Å². The number of nitrogens with zero attached hydrogens (tertiary/aromatic N) is 2. The normalized spacial score (nSPS) is 14.6. The maximum absolute atomic E-state index is 12.8. The molecular weight excluding hydrogens is 364 g/mol. The van der Waals surface area contributed by atoms with Gasteiger partial charge in [-0.25, -0.2) is 0 Å². The van der Waals surface area contributed by atoms with E-state index in [4.69, 9.17) is 0 Å². The number of para-hydroxylation sites is 1. The number of pyridine rings is 1. The summed E-state index contributed by atoms with van der Waals surface area (Å²) in [5.74, 6) is -0.734. The number of carbonyl (C=O) groups excluding carboxylic acids is 2. The van der Waals surface area contributed by atoms with E-state index in [-0.39, 0.29) is 11.8 Å². The van der Waals surface area contributed by atoms with E-state index in [0.29, 0.717) is 16.8 Å². The van der Waals surface area contributed by atoms with Gasteiger partial charge in [-0.15, -0.1) is 0 Å². The summed E-state index contributed by atoms with van der Waals surface area (Å²) in [6.07, 6.45) is 3.83. The van der Waals surface area contributed by atoms with Crippen LogP contribution in [0.2, 0.25) is 0 Å². The fraction of sp³-hybridized carbons (Fsp3) is 0.130. The van der Waals surface area contributed by atoms with E-state index in [0.717, 1.165) is 34.1 Å². The van der Waals surface area contributed by atoms with Crippen molar-refractivity contribution in [2.24, 2.45) is 0 Å². The van der Waals surface area contributed by atoms with E-state index >= 15 is 0 Å². The van der Waals surface area contributed by atoms with Crippen LogP contribution in [0.15, 0.2) is 60.9 Å². The molecular formula is C23H20N4O2. The number of aromatic nitrogens is 2. The Balaban J connectivity index is 1.76. The standard InChI is InChI=1S/C23H20N4O2/c1-26(2)12-14-7-8-15-9-10-19(27(15)13-14)21-20(22(28)25-23(21)29)17-11-24-18-6-4-3-5-16(17)18/h3-11,13,24H,12H2,1-2H3,(H,25,28,29). The molecule has 0 aliphatic carbocycles. The molecule has 0 fully saturated rings. The van der Waals surface area contributed by atoms with Crippen molar-refractivity contribution in [1.82, 2.24) is 19.6 Å². The lowest BCUT2D eigenvalue weighted by atomic mass is 9.99. The molecule has 2 N–H and O–H groups in total. The molecule has 2 amide bonds. The van der Waals surface area contributed by atoms with Gasteiger partial charge in [-0.3, -0.25) is 14.9 Å². The summed E-state index contributed by atoms with van der Waals surface area (Å²) in [7, 11) is 4.03. The molecule has 4 heterocycles. The van der Waals surface area contributed by atoms with Crippen LogP contribution in [0.4, 0.5) is 0 Å². The van der Waals surface area contributed by atoms with E-state index in [9.17, 15) is 9.59 Å². The maximum Gasteiger partial charge on any atom is 0.261 e. The first-order valence-corrected chi connectivity index (χ1v) is 9.44. The molecule has 0 saturated carbocycles. The smallest absolute Gasteiger partial charge is 0.261 e. The molecule has 0 radical (unpaired) electrons. The zero-order valence-corrected chi connectivity index (χ0v) is 16.2. The molecule has 5 rings (SSSR count). The van der Waals surface area contributed by atoms with Gasteiger partial charge in [-0.2, -0.15) is 0 Å². The van der Waals surface area contributed by atoms with Gasteiger partial charge in [0.25, 0.3) is 11.8 Å². The predicted molar refractivity (Wildman–Crippen MR) is 113 cm³/mol. The fourth-order valence-corrected chi connectivity index (χ4v) is 4.04. The Labute approximate surface area is 167 Å². The first kappa shape index (κ1) is 17.5. The summed E-state index contributed by atoms with van der Waals surface area (Å²) in [6.45, 7) is 0.785. The highest BCUT2D eigenvalue weighted by atomic mass is 16.2. The molecule has 144 valence electrons. The van der Waals surface area contributed by atoms with Crippen molar-refractivity contribution in [2.45, 2.75) is 6.54 Å². The van der Waals surface area contributed by atoms with Crippen molar-refractivity contribution in [1.29, 1.82) is 0 Å². The number of carbonyl (C=O) groups is 2. The summed E-state index contributed by atoms with van der Waals surface area (Å²) in [6, 6.07) is 15.7. The second-order valence-corrected chi connectivity index (χ2v) is 7.57. The topological polar surface area (TPSA) is 69.6 Å². The van der Waals surface area contributed by atoms with Gasteiger partial charge in [0.15, 0.2) is 0 Å².